The zero-order valence-corrected chi connectivity index (χ0v) is 11.3. The highest BCUT2D eigenvalue weighted by Crippen LogP contribution is 2.22. The van der Waals surface area contributed by atoms with Crippen LogP contribution in [-0.2, 0) is 6.54 Å². The molecular weight excluding hydrogens is 242 g/mol. The zero-order chi connectivity index (χ0) is 14.2. The molecule has 2 heterocycles. The van der Waals surface area contributed by atoms with Crippen molar-refractivity contribution in [3.05, 3.63) is 34.2 Å². The molecule has 0 aliphatic rings. The van der Waals surface area contributed by atoms with Gasteiger partial charge in [-0.2, -0.15) is 5.26 Å². The van der Waals surface area contributed by atoms with Gasteiger partial charge in [0.15, 0.2) is 11.3 Å². The van der Waals surface area contributed by atoms with Crippen LogP contribution in [0.3, 0.4) is 0 Å². The minimum absolute atomic E-state index is 0.0869. The molecule has 5 nitrogen and oxygen atoms in total. The van der Waals surface area contributed by atoms with E-state index in [0.717, 1.165) is 6.42 Å². The van der Waals surface area contributed by atoms with Crippen molar-refractivity contribution in [1.29, 1.82) is 5.26 Å². The van der Waals surface area contributed by atoms with E-state index in [2.05, 4.69) is 20.8 Å². The largest absolute Gasteiger partial charge is 0.504 e. The van der Waals surface area contributed by atoms with Gasteiger partial charge in [0.2, 0.25) is 0 Å². The molecule has 0 aliphatic carbocycles. The van der Waals surface area contributed by atoms with E-state index < -0.39 is 5.56 Å². The Hall–Kier alpha value is -2.22. The van der Waals surface area contributed by atoms with Crippen molar-refractivity contribution in [2.45, 2.75) is 33.7 Å². The second kappa shape index (κ2) is 4.47. The molecule has 100 valence electrons. The van der Waals surface area contributed by atoms with Crippen LogP contribution in [0.2, 0.25) is 0 Å². The Kier molecular flexibility index (Phi) is 3.11. The van der Waals surface area contributed by atoms with Crippen LogP contribution in [0, 0.1) is 16.7 Å². The van der Waals surface area contributed by atoms with Crippen molar-refractivity contribution in [3.63, 3.8) is 0 Å². The van der Waals surface area contributed by atoms with Crippen molar-refractivity contribution in [2.75, 3.05) is 0 Å². The van der Waals surface area contributed by atoms with Gasteiger partial charge in [-0.3, -0.25) is 9.31 Å². The number of aryl methyl sites for hydroxylation is 1. The molecule has 1 N–H and O–H groups in total. The molecule has 0 aromatic carbocycles. The highest BCUT2D eigenvalue weighted by Gasteiger charge is 2.17. The Morgan fingerprint density at radius 2 is 2.11 bits per heavy atom. The van der Waals surface area contributed by atoms with Gasteiger partial charge in [-0.25, -0.2) is 4.68 Å². The first-order chi connectivity index (χ1) is 8.85. The topological polar surface area (TPSA) is 70.4 Å². The second-order valence-electron chi connectivity index (χ2n) is 5.81. The van der Waals surface area contributed by atoms with E-state index in [1.54, 1.807) is 28.9 Å². The van der Waals surface area contributed by atoms with Crippen LogP contribution in [0.4, 0.5) is 0 Å². The number of aromatic hydroxyl groups is 1. The molecule has 0 radical (unpaired) electrons. The van der Waals surface area contributed by atoms with Crippen LogP contribution < -0.4 is 5.56 Å². The second-order valence-corrected chi connectivity index (χ2v) is 5.81. The summed E-state index contributed by atoms with van der Waals surface area (Å²) in [7, 11) is 0. The lowest BCUT2D eigenvalue weighted by atomic mass is 9.92. The molecular formula is C14H17N3O2. The SMILES string of the molecule is CC(C)(C)CCn1c(=O)c(C#N)c(O)c2cccn21. The van der Waals surface area contributed by atoms with Crippen LogP contribution in [0.15, 0.2) is 23.1 Å². The summed E-state index contributed by atoms with van der Waals surface area (Å²) < 4.78 is 3.10. The summed E-state index contributed by atoms with van der Waals surface area (Å²) >= 11 is 0. The van der Waals surface area contributed by atoms with Crippen molar-refractivity contribution in [2.24, 2.45) is 5.41 Å². The highest BCUT2D eigenvalue weighted by atomic mass is 16.3. The van der Waals surface area contributed by atoms with Gasteiger partial charge >= 0.3 is 0 Å². The van der Waals surface area contributed by atoms with Gasteiger partial charge in [0.25, 0.3) is 5.56 Å². The molecule has 0 unspecified atom stereocenters. The maximum absolute atomic E-state index is 12.2. The molecule has 0 aliphatic heterocycles. The Balaban J connectivity index is 2.63. The van der Waals surface area contributed by atoms with Gasteiger partial charge in [-0.05, 0) is 24.0 Å². The van der Waals surface area contributed by atoms with E-state index in [9.17, 15) is 9.90 Å². The van der Waals surface area contributed by atoms with Crippen LogP contribution in [-0.4, -0.2) is 14.3 Å². The number of aromatic nitrogens is 2. The van der Waals surface area contributed by atoms with Crippen LogP contribution in [0.5, 0.6) is 5.75 Å². The van der Waals surface area contributed by atoms with Gasteiger partial charge in [0, 0.05) is 12.7 Å². The smallest absolute Gasteiger partial charge is 0.287 e. The average molecular weight is 259 g/mol. The Morgan fingerprint density at radius 3 is 2.68 bits per heavy atom. The molecule has 0 bridgehead atoms. The predicted molar refractivity (Wildman–Crippen MR) is 72.1 cm³/mol. The normalized spacial score (nSPS) is 11.7. The molecule has 0 atom stereocenters. The van der Waals surface area contributed by atoms with Gasteiger partial charge in [0.1, 0.15) is 11.6 Å². The lowest BCUT2D eigenvalue weighted by molar-refractivity contribution is 0.330. The van der Waals surface area contributed by atoms with Gasteiger partial charge in [-0.1, -0.05) is 20.8 Å². The van der Waals surface area contributed by atoms with Crippen molar-refractivity contribution in [1.82, 2.24) is 9.20 Å². The Morgan fingerprint density at radius 1 is 1.42 bits per heavy atom. The van der Waals surface area contributed by atoms with E-state index in [0.29, 0.717) is 12.1 Å². The molecule has 19 heavy (non-hydrogen) atoms. The highest BCUT2D eigenvalue weighted by molar-refractivity contribution is 5.64. The summed E-state index contributed by atoms with van der Waals surface area (Å²) in [6.07, 6.45) is 2.51. The van der Waals surface area contributed by atoms with E-state index in [4.69, 9.17) is 5.26 Å². The lowest BCUT2D eigenvalue weighted by Crippen LogP contribution is -2.29. The Bertz CT molecular complexity index is 711. The minimum Gasteiger partial charge on any atom is -0.504 e. The minimum atomic E-state index is -0.451. The summed E-state index contributed by atoms with van der Waals surface area (Å²) in [6, 6.07) is 5.21. The van der Waals surface area contributed by atoms with E-state index in [-0.39, 0.29) is 16.7 Å². The van der Waals surface area contributed by atoms with E-state index >= 15 is 0 Å². The molecule has 0 saturated heterocycles. The molecule has 2 aromatic rings. The van der Waals surface area contributed by atoms with Gasteiger partial charge < -0.3 is 5.11 Å². The van der Waals surface area contributed by atoms with Crippen molar-refractivity contribution in [3.8, 4) is 11.8 Å². The maximum atomic E-state index is 12.2. The van der Waals surface area contributed by atoms with Crippen LogP contribution >= 0.6 is 0 Å². The number of hydrogen-bond donors (Lipinski definition) is 1. The number of hydrogen-bond acceptors (Lipinski definition) is 3. The fourth-order valence-corrected chi connectivity index (χ4v) is 1.98. The van der Waals surface area contributed by atoms with Crippen LogP contribution in [0.25, 0.3) is 5.52 Å². The first-order valence-corrected chi connectivity index (χ1v) is 6.18. The quantitative estimate of drug-likeness (QED) is 0.898. The predicted octanol–water partition coefficient (Wildman–Crippen LogP) is 2.11. The third-order valence-electron chi connectivity index (χ3n) is 3.10. The summed E-state index contributed by atoms with van der Waals surface area (Å²) in [4.78, 5) is 12.2. The van der Waals surface area contributed by atoms with Gasteiger partial charge in [0.05, 0.1) is 0 Å². The van der Waals surface area contributed by atoms with Crippen molar-refractivity contribution < 1.29 is 5.11 Å². The lowest BCUT2D eigenvalue weighted by Gasteiger charge is -2.20. The molecule has 2 rings (SSSR count). The number of fused-ring (bicyclic) bond motifs is 1. The number of rotatable bonds is 2. The van der Waals surface area contributed by atoms with E-state index in [1.807, 2.05) is 0 Å². The standard InChI is InChI=1S/C14H17N3O2/c1-14(2,3)6-8-17-13(19)10(9-15)12(18)11-5-4-7-16(11)17/h4-5,7,18H,6,8H2,1-3H3. The first kappa shape index (κ1) is 13.2. The molecule has 2 aromatic heterocycles. The summed E-state index contributed by atoms with van der Waals surface area (Å²) in [5.74, 6) is -0.246. The fourth-order valence-electron chi connectivity index (χ4n) is 1.98. The summed E-state index contributed by atoms with van der Waals surface area (Å²) in [5, 5.41) is 18.9. The average Bonchev–Trinajstić information content (AvgIpc) is 2.77. The van der Waals surface area contributed by atoms with Gasteiger partial charge in [-0.15, -0.1) is 0 Å². The Labute approximate surface area is 111 Å². The maximum Gasteiger partial charge on any atom is 0.287 e. The molecule has 0 saturated carbocycles. The number of nitriles is 1. The zero-order valence-electron chi connectivity index (χ0n) is 11.3. The number of nitrogens with zero attached hydrogens (tertiary/aromatic N) is 3. The molecule has 5 heteroatoms. The molecule has 0 amide bonds. The van der Waals surface area contributed by atoms with Crippen molar-refractivity contribution >= 4 is 5.52 Å². The van der Waals surface area contributed by atoms with Crippen LogP contribution in [0.1, 0.15) is 32.8 Å². The monoisotopic (exact) mass is 259 g/mol. The molecule has 0 spiro atoms. The third kappa shape index (κ3) is 2.34. The first-order valence-electron chi connectivity index (χ1n) is 6.18. The summed E-state index contributed by atoms with van der Waals surface area (Å²) in [5.41, 5.74) is -0.0815. The third-order valence-corrected chi connectivity index (χ3v) is 3.10. The van der Waals surface area contributed by atoms with E-state index in [1.165, 1.54) is 4.68 Å². The molecule has 0 fully saturated rings. The summed E-state index contributed by atoms with van der Waals surface area (Å²) in [6.45, 7) is 6.78. The fraction of sp³-hybridized carbons (Fsp3) is 0.429.